The Labute approximate surface area is 121 Å². The van der Waals surface area contributed by atoms with Gasteiger partial charge < -0.3 is 14.5 Å². The van der Waals surface area contributed by atoms with E-state index in [0.29, 0.717) is 17.1 Å². The van der Waals surface area contributed by atoms with E-state index < -0.39 is 11.9 Å². The van der Waals surface area contributed by atoms with E-state index >= 15 is 0 Å². The molecule has 0 spiro atoms. The van der Waals surface area contributed by atoms with Crippen molar-refractivity contribution in [3.05, 3.63) is 41.6 Å². The number of ether oxygens (including phenoxy) is 1. The van der Waals surface area contributed by atoms with Crippen molar-refractivity contribution in [2.24, 2.45) is 0 Å². The summed E-state index contributed by atoms with van der Waals surface area (Å²) in [4.78, 5) is 23.2. The first-order valence-electron chi connectivity index (χ1n) is 6.34. The Morgan fingerprint density at radius 3 is 2.38 bits per heavy atom. The molecular formula is C14H15N3O4. The minimum atomic E-state index is -0.500. The topological polar surface area (TPSA) is 94.3 Å². The molecular weight excluding hydrogens is 274 g/mol. The van der Waals surface area contributed by atoms with Gasteiger partial charge in [0.1, 0.15) is 0 Å². The summed E-state index contributed by atoms with van der Waals surface area (Å²) < 4.78 is 9.84. The van der Waals surface area contributed by atoms with E-state index in [-0.39, 0.29) is 11.8 Å². The number of benzene rings is 1. The predicted molar refractivity (Wildman–Crippen MR) is 74.1 cm³/mol. The normalized spacial score (nSPS) is 10.5. The number of hydrogen-bond acceptors (Lipinski definition) is 6. The fourth-order valence-electron chi connectivity index (χ4n) is 1.55. The van der Waals surface area contributed by atoms with Gasteiger partial charge in [0.15, 0.2) is 0 Å². The van der Waals surface area contributed by atoms with Gasteiger partial charge in [-0.1, -0.05) is 13.8 Å². The molecule has 0 atom stereocenters. The molecule has 1 N–H and O–H groups in total. The summed E-state index contributed by atoms with van der Waals surface area (Å²) in [6.45, 7) is 3.78. The van der Waals surface area contributed by atoms with Crippen molar-refractivity contribution in [2.75, 3.05) is 12.4 Å². The van der Waals surface area contributed by atoms with Crippen LogP contribution in [0.3, 0.4) is 0 Å². The highest BCUT2D eigenvalue weighted by atomic mass is 16.5. The van der Waals surface area contributed by atoms with Crippen LogP contribution in [0.5, 0.6) is 0 Å². The SMILES string of the molecule is COC(=O)c1ccc(NC(=O)c2nnc(C(C)C)o2)cc1. The second kappa shape index (κ2) is 6.17. The first-order chi connectivity index (χ1) is 10.0. The number of methoxy groups -OCH3 is 1. The Morgan fingerprint density at radius 2 is 1.86 bits per heavy atom. The van der Waals surface area contributed by atoms with Gasteiger partial charge in [0.25, 0.3) is 0 Å². The Balaban J connectivity index is 2.06. The molecule has 2 aromatic rings. The number of carbonyl (C=O) groups is 2. The molecule has 1 heterocycles. The molecule has 0 unspecified atom stereocenters. The quantitative estimate of drug-likeness (QED) is 0.867. The standard InChI is InChI=1S/C14H15N3O4/c1-8(2)12-16-17-13(21-12)11(18)15-10-6-4-9(5-7-10)14(19)20-3/h4-8H,1-3H3,(H,15,18). The predicted octanol–water partition coefficient (Wildman–Crippen LogP) is 2.23. The van der Waals surface area contributed by atoms with Crippen molar-refractivity contribution in [2.45, 2.75) is 19.8 Å². The van der Waals surface area contributed by atoms with E-state index in [9.17, 15) is 9.59 Å². The third kappa shape index (κ3) is 3.44. The maximum Gasteiger partial charge on any atom is 0.337 e. The van der Waals surface area contributed by atoms with E-state index in [2.05, 4.69) is 20.3 Å². The van der Waals surface area contributed by atoms with E-state index in [1.807, 2.05) is 13.8 Å². The molecule has 0 aliphatic carbocycles. The molecule has 2 rings (SSSR count). The molecule has 7 nitrogen and oxygen atoms in total. The first-order valence-corrected chi connectivity index (χ1v) is 6.34. The average molecular weight is 289 g/mol. The number of esters is 1. The van der Waals surface area contributed by atoms with Crippen LogP contribution in [-0.2, 0) is 4.74 Å². The van der Waals surface area contributed by atoms with Gasteiger partial charge in [-0.15, -0.1) is 10.2 Å². The van der Waals surface area contributed by atoms with Gasteiger partial charge in [-0.2, -0.15) is 0 Å². The van der Waals surface area contributed by atoms with Gasteiger partial charge in [0.2, 0.25) is 5.89 Å². The number of nitrogens with zero attached hydrogens (tertiary/aromatic N) is 2. The third-order valence-electron chi connectivity index (χ3n) is 2.69. The molecule has 0 aliphatic heterocycles. The van der Waals surface area contributed by atoms with Crippen LogP contribution in [0.15, 0.2) is 28.7 Å². The number of amides is 1. The van der Waals surface area contributed by atoms with E-state index in [1.54, 1.807) is 24.3 Å². The first kappa shape index (κ1) is 14.7. The van der Waals surface area contributed by atoms with Crippen molar-refractivity contribution in [1.29, 1.82) is 0 Å². The van der Waals surface area contributed by atoms with Gasteiger partial charge in [-0.3, -0.25) is 4.79 Å². The lowest BCUT2D eigenvalue weighted by Gasteiger charge is -2.03. The van der Waals surface area contributed by atoms with E-state index in [1.165, 1.54) is 7.11 Å². The van der Waals surface area contributed by atoms with Crippen LogP contribution in [0.25, 0.3) is 0 Å². The highest BCUT2D eigenvalue weighted by Gasteiger charge is 2.16. The summed E-state index contributed by atoms with van der Waals surface area (Å²) >= 11 is 0. The number of anilines is 1. The molecule has 1 amide bonds. The molecule has 0 saturated carbocycles. The Kier molecular flexibility index (Phi) is 4.32. The summed E-state index contributed by atoms with van der Waals surface area (Å²) in [7, 11) is 1.31. The second-order valence-electron chi connectivity index (χ2n) is 4.62. The molecule has 0 aliphatic rings. The van der Waals surface area contributed by atoms with Crippen molar-refractivity contribution >= 4 is 17.6 Å². The number of carbonyl (C=O) groups excluding carboxylic acids is 2. The fourth-order valence-corrected chi connectivity index (χ4v) is 1.55. The number of hydrogen-bond donors (Lipinski definition) is 1. The van der Waals surface area contributed by atoms with Gasteiger partial charge in [-0.25, -0.2) is 4.79 Å². The third-order valence-corrected chi connectivity index (χ3v) is 2.69. The molecule has 0 fully saturated rings. The van der Waals surface area contributed by atoms with Gasteiger partial charge in [0.05, 0.1) is 12.7 Å². The average Bonchev–Trinajstić information content (AvgIpc) is 2.97. The Morgan fingerprint density at radius 1 is 1.19 bits per heavy atom. The monoisotopic (exact) mass is 289 g/mol. The zero-order valence-corrected chi connectivity index (χ0v) is 11.9. The largest absolute Gasteiger partial charge is 0.465 e. The highest BCUT2D eigenvalue weighted by Crippen LogP contribution is 2.14. The molecule has 1 aromatic carbocycles. The maximum atomic E-state index is 11.9. The van der Waals surface area contributed by atoms with E-state index in [4.69, 9.17) is 4.42 Å². The second-order valence-corrected chi connectivity index (χ2v) is 4.62. The van der Waals surface area contributed by atoms with Crippen LogP contribution in [-0.4, -0.2) is 29.2 Å². The summed E-state index contributed by atoms with van der Waals surface area (Å²) in [5.74, 6) is -0.582. The van der Waals surface area contributed by atoms with Crippen molar-refractivity contribution in [1.82, 2.24) is 10.2 Å². The summed E-state index contributed by atoms with van der Waals surface area (Å²) in [5.41, 5.74) is 0.910. The summed E-state index contributed by atoms with van der Waals surface area (Å²) in [6, 6.07) is 6.28. The van der Waals surface area contributed by atoms with Gasteiger partial charge in [0, 0.05) is 11.6 Å². The number of aromatic nitrogens is 2. The lowest BCUT2D eigenvalue weighted by Crippen LogP contribution is -2.12. The molecule has 21 heavy (non-hydrogen) atoms. The lowest BCUT2D eigenvalue weighted by atomic mass is 10.2. The number of rotatable bonds is 4. The van der Waals surface area contributed by atoms with Crippen LogP contribution >= 0.6 is 0 Å². The van der Waals surface area contributed by atoms with Crippen LogP contribution < -0.4 is 5.32 Å². The number of nitrogens with one attached hydrogen (secondary N) is 1. The minimum Gasteiger partial charge on any atom is -0.465 e. The van der Waals surface area contributed by atoms with Crippen molar-refractivity contribution < 1.29 is 18.7 Å². The smallest absolute Gasteiger partial charge is 0.337 e. The summed E-state index contributed by atoms with van der Waals surface area (Å²) in [5, 5.41) is 10.1. The summed E-state index contributed by atoms with van der Waals surface area (Å²) in [6.07, 6.45) is 0. The fraction of sp³-hybridized carbons (Fsp3) is 0.286. The molecule has 0 saturated heterocycles. The Hall–Kier alpha value is -2.70. The van der Waals surface area contributed by atoms with Crippen molar-refractivity contribution in [3.8, 4) is 0 Å². The zero-order valence-electron chi connectivity index (χ0n) is 11.9. The molecule has 0 bridgehead atoms. The van der Waals surface area contributed by atoms with E-state index in [0.717, 1.165) is 0 Å². The van der Waals surface area contributed by atoms with Crippen molar-refractivity contribution in [3.63, 3.8) is 0 Å². The minimum absolute atomic E-state index is 0.0541. The lowest BCUT2D eigenvalue weighted by molar-refractivity contribution is 0.0600. The molecule has 7 heteroatoms. The van der Waals surface area contributed by atoms with Crippen LogP contribution in [0, 0.1) is 0 Å². The van der Waals surface area contributed by atoms with Crippen LogP contribution in [0.4, 0.5) is 5.69 Å². The van der Waals surface area contributed by atoms with Gasteiger partial charge >= 0.3 is 17.8 Å². The molecule has 1 aromatic heterocycles. The van der Waals surface area contributed by atoms with Gasteiger partial charge in [-0.05, 0) is 24.3 Å². The zero-order chi connectivity index (χ0) is 15.4. The molecule has 0 radical (unpaired) electrons. The van der Waals surface area contributed by atoms with Crippen LogP contribution in [0.2, 0.25) is 0 Å². The Bertz CT molecular complexity index is 646. The maximum absolute atomic E-state index is 11.9. The molecule has 110 valence electrons. The highest BCUT2D eigenvalue weighted by molar-refractivity contribution is 6.01. The van der Waals surface area contributed by atoms with Crippen LogP contribution in [0.1, 0.15) is 46.7 Å².